The molecule has 0 bridgehead atoms. The zero-order valence-electron chi connectivity index (χ0n) is 18.7. The van der Waals surface area contributed by atoms with E-state index in [1.165, 1.54) is 44.1 Å². The number of carbonyl (C=O) groups excluding carboxylic acids is 1. The van der Waals surface area contributed by atoms with E-state index in [-0.39, 0.29) is 23.4 Å². The van der Waals surface area contributed by atoms with E-state index in [4.69, 9.17) is 4.74 Å². The molecule has 0 amide bonds. The third-order valence-corrected chi connectivity index (χ3v) is 8.71. The highest BCUT2D eigenvalue weighted by Gasteiger charge is 2.53. The third-order valence-electron chi connectivity index (χ3n) is 8.71. The molecule has 2 aliphatic heterocycles. The van der Waals surface area contributed by atoms with Gasteiger partial charge < -0.3 is 9.64 Å². The molecular formula is C27H37NO2. The van der Waals surface area contributed by atoms with Crippen LogP contribution in [0.15, 0.2) is 41.5 Å². The van der Waals surface area contributed by atoms with Gasteiger partial charge in [0.15, 0.2) is 0 Å². The molecule has 2 saturated heterocycles. The number of fused-ring (bicyclic) bond motifs is 2. The van der Waals surface area contributed by atoms with E-state index in [2.05, 4.69) is 49.1 Å². The highest BCUT2D eigenvalue weighted by atomic mass is 16.6. The Hall–Kier alpha value is -1.61. The zero-order valence-corrected chi connectivity index (χ0v) is 18.7. The van der Waals surface area contributed by atoms with Gasteiger partial charge in [-0.25, -0.2) is 0 Å². The van der Waals surface area contributed by atoms with Crippen molar-refractivity contribution in [3.63, 3.8) is 0 Å². The molecule has 30 heavy (non-hydrogen) atoms. The summed E-state index contributed by atoms with van der Waals surface area (Å²) in [5, 5.41) is 0. The number of allylic oxidation sites excluding steroid dienone is 2. The average molecular weight is 408 g/mol. The summed E-state index contributed by atoms with van der Waals surface area (Å²) in [6, 6.07) is 10.9. The topological polar surface area (TPSA) is 29.5 Å². The molecule has 3 heteroatoms. The predicted octanol–water partition coefficient (Wildman–Crippen LogP) is 5.40. The van der Waals surface area contributed by atoms with Gasteiger partial charge in [-0.2, -0.15) is 0 Å². The Morgan fingerprint density at radius 3 is 2.70 bits per heavy atom. The number of esters is 1. The summed E-state index contributed by atoms with van der Waals surface area (Å²) < 4.78 is 5.98. The SMILES string of the molecule is CC1=C2C[C@@H]3C(CN4CCC(Cc5ccccc5)CC4)C(=O)O[C@@H]3C[C@@]2(C)CCC1. The number of rotatable bonds is 4. The molecular weight excluding hydrogens is 370 g/mol. The molecule has 1 unspecified atom stereocenters. The first-order valence-electron chi connectivity index (χ1n) is 12.2. The van der Waals surface area contributed by atoms with Crippen LogP contribution in [0.1, 0.15) is 64.4 Å². The maximum absolute atomic E-state index is 12.8. The van der Waals surface area contributed by atoms with Gasteiger partial charge in [-0.1, -0.05) is 48.4 Å². The first-order chi connectivity index (χ1) is 14.5. The molecule has 162 valence electrons. The fourth-order valence-corrected chi connectivity index (χ4v) is 6.92. The molecule has 3 fully saturated rings. The average Bonchev–Trinajstić information content (AvgIpc) is 3.02. The van der Waals surface area contributed by atoms with Gasteiger partial charge in [0.25, 0.3) is 0 Å². The number of piperidine rings is 1. The minimum absolute atomic E-state index is 0.0763. The lowest BCUT2D eigenvalue weighted by Crippen LogP contribution is -2.43. The van der Waals surface area contributed by atoms with Gasteiger partial charge in [0.1, 0.15) is 6.10 Å². The van der Waals surface area contributed by atoms with Crippen molar-refractivity contribution in [1.82, 2.24) is 4.90 Å². The molecule has 2 heterocycles. The van der Waals surface area contributed by atoms with Crippen molar-refractivity contribution < 1.29 is 9.53 Å². The number of hydrogen-bond donors (Lipinski definition) is 0. The van der Waals surface area contributed by atoms with Crippen molar-refractivity contribution in [3.8, 4) is 0 Å². The summed E-state index contributed by atoms with van der Waals surface area (Å²) in [4.78, 5) is 15.4. The van der Waals surface area contributed by atoms with Gasteiger partial charge in [-0.3, -0.25) is 4.79 Å². The Bertz CT molecular complexity index is 807. The molecule has 5 rings (SSSR count). The smallest absolute Gasteiger partial charge is 0.310 e. The van der Waals surface area contributed by atoms with Gasteiger partial charge >= 0.3 is 5.97 Å². The highest BCUT2D eigenvalue weighted by molar-refractivity contribution is 5.76. The summed E-state index contributed by atoms with van der Waals surface area (Å²) in [6.07, 6.45) is 9.77. The van der Waals surface area contributed by atoms with Crippen LogP contribution in [0.25, 0.3) is 0 Å². The van der Waals surface area contributed by atoms with Crippen molar-refractivity contribution in [2.75, 3.05) is 19.6 Å². The Morgan fingerprint density at radius 2 is 1.93 bits per heavy atom. The van der Waals surface area contributed by atoms with Crippen molar-refractivity contribution in [2.45, 2.75) is 71.3 Å². The van der Waals surface area contributed by atoms with Crippen LogP contribution in [-0.4, -0.2) is 36.6 Å². The monoisotopic (exact) mass is 407 g/mol. The minimum atomic E-state index is 0.0763. The lowest BCUT2D eigenvalue weighted by Gasteiger charge is -2.46. The molecule has 3 nitrogen and oxygen atoms in total. The number of nitrogens with zero attached hydrogens (tertiary/aromatic N) is 1. The lowest BCUT2D eigenvalue weighted by molar-refractivity contribution is -0.145. The van der Waals surface area contributed by atoms with Crippen LogP contribution < -0.4 is 0 Å². The second-order valence-electron chi connectivity index (χ2n) is 10.8. The molecule has 4 aliphatic rings. The van der Waals surface area contributed by atoms with Gasteiger partial charge in [0.05, 0.1) is 5.92 Å². The van der Waals surface area contributed by atoms with Gasteiger partial charge in [-0.15, -0.1) is 0 Å². The molecule has 1 saturated carbocycles. The molecule has 1 aromatic rings. The maximum atomic E-state index is 12.8. The number of likely N-dealkylation sites (tertiary alicyclic amines) is 1. The van der Waals surface area contributed by atoms with E-state index in [0.717, 1.165) is 38.4 Å². The molecule has 0 N–H and O–H groups in total. The molecule has 0 aromatic heterocycles. The molecule has 2 aliphatic carbocycles. The quantitative estimate of drug-likeness (QED) is 0.494. The molecule has 1 aromatic carbocycles. The standard InChI is InChI=1S/C27H37NO2/c1-19-7-6-12-27(2)17-25-22(16-24(19)27)23(26(29)30-25)18-28-13-10-21(11-14-28)15-20-8-4-3-5-9-20/h3-5,8-9,21-23,25H,6-7,10-18H2,1-2H3/t22-,23?,25-,27-/m1/s1. The van der Waals surface area contributed by atoms with E-state index < -0.39 is 0 Å². The number of carbonyl (C=O) groups is 1. The Labute approximate surface area is 181 Å². The van der Waals surface area contributed by atoms with Gasteiger partial charge in [0.2, 0.25) is 0 Å². The summed E-state index contributed by atoms with van der Waals surface area (Å²) in [5.41, 5.74) is 5.00. The molecule has 0 radical (unpaired) electrons. The van der Waals surface area contributed by atoms with E-state index >= 15 is 0 Å². The Balaban J connectivity index is 1.20. The van der Waals surface area contributed by atoms with Gasteiger partial charge in [-0.05, 0) is 88.3 Å². The second-order valence-corrected chi connectivity index (χ2v) is 10.8. The fourth-order valence-electron chi connectivity index (χ4n) is 6.92. The van der Waals surface area contributed by atoms with Crippen molar-refractivity contribution in [1.29, 1.82) is 0 Å². The third kappa shape index (κ3) is 3.86. The number of ether oxygens (including phenoxy) is 1. The number of hydrogen-bond acceptors (Lipinski definition) is 3. The van der Waals surface area contributed by atoms with Crippen LogP contribution in [0.4, 0.5) is 0 Å². The van der Waals surface area contributed by atoms with Crippen LogP contribution in [0, 0.1) is 23.2 Å². The minimum Gasteiger partial charge on any atom is -0.462 e. The summed E-state index contributed by atoms with van der Waals surface area (Å²) >= 11 is 0. The van der Waals surface area contributed by atoms with Crippen LogP contribution in [-0.2, 0) is 16.0 Å². The lowest BCUT2D eigenvalue weighted by atomic mass is 9.59. The Kier molecular flexibility index (Phi) is 5.51. The van der Waals surface area contributed by atoms with Crippen LogP contribution in [0.3, 0.4) is 0 Å². The summed E-state index contributed by atoms with van der Waals surface area (Å²) in [5.74, 6) is 1.33. The van der Waals surface area contributed by atoms with Crippen molar-refractivity contribution >= 4 is 5.97 Å². The zero-order chi connectivity index (χ0) is 20.7. The fraction of sp³-hybridized carbons (Fsp3) is 0.667. The molecule has 4 atom stereocenters. The van der Waals surface area contributed by atoms with Crippen LogP contribution in [0.5, 0.6) is 0 Å². The Morgan fingerprint density at radius 1 is 1.17 bits per heavy atom. The van der Waals surface area contributed by atoms with Crippen LogP contribution in [0.2, 0.25) is 0 Å². The highest BCUT2D eigenvalue weighted by Crippen LogP contribution is 2.55. The van der Waals surface area contributed by atoms with E-state index in [1.807, 2.05) is 0 Å². The second kappa shape index (κ2) is 8.15. The van der Waals surface area contributed by atoms with E-state index in [0.29, 0.717) is 5.92 Å². The first-order valence-corrected chi connectivity index (χ1v) is 12.2. The largest absolute Gasteiger partial charge is 0.462 e. The normalized spacial score (nSPS) is 35.1. The summed E-state index contributed by atoms with van der Waals surface area (Å²) in [6.45, 7) is 7.90. The van der Waals surface area contributed by atoms with E-state index in [9.17, 15) is 4.79 Å². The van der Waals surface area contributed by atoms with Crippen molar-refractivity contribution in [2.24, 2.45) is 23.2 Å². The molecule has 0 spiro atoms. The van der Waals surface area contributed by atoms with Crippen LogP contribution >= 0.6 is 0 Å². The predicted molar refractivity (Wildman–Crippen MR) is 120 cm³/mol. The first kappa shape index (κ1) is 20.3. The van der Waals surface area contributed by atoms with Crippen molar-refractivity contribution in [3.05, 3.63) is 47.0 Å². The summed E-state index contributed by atoms with van der Waals surface area (Å²) in [7, 11) is 0. The maximum Gasteiger partial charge on any atom is 0.310 e. The van der Waals surface area contributed by atoms with E-state index in [1.54, 1.807) is 11.1 Å². The van der Waals surface area contributed by atoms with Gasteiger partial charge in [0, 0.05) is 12.5 Å². The number of benzene rings is 1.